The summed E-state index contributed by atoms with van der Waals surface area (Å²) in [6, 6.07) is 11.3. The van der Waals surface area contributed by atoms with Gasteiger partial charge in [-0.3, -0.25) is 10.1 Å². The SMILES string of the molecule is O=C(OCc1ccc([N+](=O)[O-])cc1)c1cn2ccccc2n1. The van der Waals surface area contributed by atoms with Crippen LogP contribution in [0.15, 0.2) is 54.9 Å². The Hall–Kier alpha value is -3.22. The Balaban J connectivity index is 1.67. The molecular weight excluding hydrogens is 286 g/mol. The van der Waals surface area contributed by atoms with Gasteiger partial charge in [0.1, 0.15) is 12.3 Å². The molecule has 2 heterocycles. The lowest BCUT2D eigenvalue weighted by molar-refractivity contribution is -0.384. The molecule has 7 heteroatoms. The number of nitrogens with zero attached hydrogens (tertiary/aromatic N) is 3. The molecule has 3 rings (SSSR count). The van der Waals surface area contributed by atoms with Crippen LogP contribution in [0.25, 0.3) is 5.65 Å². The quantitative estimate of drug-likeness (QED) is 0.419. The average molecular weight is 297 g/mol. The number of imidazole rings is 1. The van der Waals surface area contributed by atoms with Crippen molar-refractivity contribution in [1.82, 2.24) is 9.38 Å². The van der Waals surface area contributed by atoms with Gasteiger partial charge in [0.15, 0.2) is 5.69 Å². The van der Waals surface area contributed by atoms with Gasteiger partial charge in [-0.05, 0) is 29.8 Å². The molecule has 0 amide bonds. The van der Waals surface area contributed by atoms with E-state index in [9.17, 15) is 14.9 Å². The van der Waals surface area contributed by atoms with Gasteiger partial charge in [-0.15, -0.1) is 0 Å². The molecule has 22 heavy (non-hydrogen) atoms. The summed E-state index contributed by atoms with van der Waals surface area (Å²) in [4.78, 5) is 26.2. The summed E-state index contributed by atoms with van der Waals surface area (Å²) < 4.78 is 6.88. The van der Waals surface area contributed by atoms with E-state index < -0.39 is 10.9 Å². The number of carbonyl (C=O) groups is 1. The first kappa shape index (κ1) is 13.7. The minimum absolute atomic E-state index is 0.00423. The minimum Gasteiger partial charge on any atom is -0.456 e. The van der Waals surface area contributed by atoms with Gasteiger partial charge in [0.05, 0.1) is 4.92 Å². The molecule has 0 atom stereocenters. The first-order valence-corrected chi connectivity index (χ1v) is 6.48. The summed E-state index contributed by atoms with van der Waals surface area (Å²) in [7, 11) is 0. The fourth-order valence-electron chi connectivity index (χ4n) is 1.97. The minimum atomic E-state index is -0.540. The lowest BCUT2D eigenvalue weighted by atomic mass is 10.2. The number of benzene rings is 1. The third kappa shape index (κ3) is 2.78. The first-order chi connectivity index (χ1) is 10.6. The predicted molar refractivity (Wildman–Crippen MR) is 77.4 cm³/mol. The van der Waals surface area contributed by atoms with Crippen molar-refractivity contribution in [2.75, 3.05) is 0 Å². The smallest absolute Gasteiger partial charge is 0.358 e. The maximum atomic E-state index is 12.0. The monoisotopic (exact) mass is 297 g/mol. The van der Waals surface area contributed by atoms with E-state index in [1.165, 1.54) is 12.1 Å². The van der Waals surface area contributed by atoms with Crippen molar-refractivity contribution in [2.45, 2.75) is 6.61 Å². The van der Waals surface area contributed by atoms with E-state index in [0.717, 1.165) is 0 Å². The molecule has 3 aromatic rings. The lowest BCUT2D eigenvalue weighted by Gasteiger charge is -2.02. The molecule has 2 aromatic heterocycles. The van der Waals surface area contributed by atoms with Crippen LogP contribution < -0.4 is 0 Å². The molecule has 0 saturated heterocycles. The van der Waals surface area contributed by atoms with Crippen molar-refractivity contribution in [3.8, 4) is 0 Å². The van der Waals surface area contributed by atoms with Crippen molar-refractivity contribution < 1.29 is 14.5 Å². The van der Waals surface area contributed by atoms with Crippen LogP contribution in [-0.4, -0.2) is 20.3 Å². The van der Waals surface area contributed by atoms with E-state index in [-0.39, 0.29) is 18.0 Å². The molecule has 110 valence electrons. The number of ether oxygens (including phenoxy) is 1. The maximum absolute atomic E-state index is 12.0. The standard InChI is InChI=1S/C15H11N3O4/c19-15(13-9-17-8-2-1-3-14(17)16-13)22-10-11-4-6-12(7-5-11)18(20)21/h1-9H,10H2. The molecule has 0 aliphatic carbocycles. The fraction of sp³-hybridized carbons (Fsp3) is 0.0667. The number of nitro groups is 1. The molecule has 0 bridgehead atoms. The number of nitro benzene ring substituents is 1. The third-order valence-corrected chi connectivity index (χ3v) is 3.09. The Labute approximate surface area is 124 Å². The molecule has 1 aromatic carbocycles. The Morgan fingerprint density at radius 3 is 2.68 bits per heavy atom. The molecule has 0 radical (unpaired) electrons. The zero-order valence-electron chi connectivity index (χ0n) is 11.4. The van der Waals surface area contributed by atoms with Crippen molar-refractivity contribution in [3.63, 3.8) is 0 Å². The van der Waals surface area contributed by atoms with Crippen LogP contribution in [0.5, 0.6) is 0 Å². The first-order valence-electron chi connectivity index (χ1n) is 6.48. The van der Waals surface area contributed by atoms with Crippen LogP contribution in [0.2, 0.25) is 0 Å². The second-order valence-corrected chi connectivity index (χ2v) is 4.59. The van der Waals surface area contributed by atoms with Gasteiger partial charge in [-0.1, -0.05) is 6.07 Å². The van der Waals surface area contributed by atoms with Crippen LogP contribution in [-0.2, 0) is 11.3 Å². The largest absolute Gasteiger partial charge is 0.456 e. The van der Waals surface area contributed by atoms with Crippen LogP contribution >= 0.6 is 0 Å². The van der Waals surface area contributed by atoms with E-state index in [0.29, 0.717) is 11.2 Å². The maximum Gasteiger partial charge on any atom is 0.358 e. The van der Waals surface area contributed by atoms with Crippen molar-refractivity contribution in [1.29, 1.82) is 0 Å². The fourth-order valence-corrected chi connectivity index (χ4v) is 1.97. The summed E-state index contributed by atoms with van der Waals surface area (Å²) in [5, 5.41) is 10.6. The van der Waals surface area contributed by atoms with E-state index in [1.807, 2.05) is 12.1 Å². The van der Waals surface area contributed by atoms with E-state index in [1.54, 1.807) is 35.0 Å². The molecule has 0 aliphatic heterocycles. The number of rotatable bonds is 4. The molecule has 0 N–H and O–H groups in total. The summed E-state index contributed by atoms with van der Waals surface area (Å²) in [6.45, 7) is 0.0324. The number of pyridine rings is 1. The third-order valence-electron chi connectivity index (χ3n) is 3.09. The molecule has 0 aliphatic rings. The summed E-state index contributed by atoms with van der Waals surface area (Å²) in [6.07, 6.45) is 3.38. The molecular formula is C15H11N3O4. The Kier molecular flexibility index (Phi) is 3.53. The predicted octanol–water partition coefficient (Wildman–Crippen LogP) is 2.60. The van der Waals surface area contributed by atoms with Gasteiger partial charge in [0, 0.05) is 24.5 Å². The number of hydrogen-bond acceptors (Lipinski definition) is 5. The Morgan fingerprint density at radius 1 is 1.23 bits per heavy atom. The zero-order valence-corrected chi connectivity index (χ0v) is 11.4. The molecule has 0 fully saturated rings. The Bertz CT molecular complexity index is 806. The van der Waals surface area contributed by atoms with Gasteiger partial charge < -0.3 is 9.14 Å². The topological polar surface area (TPSA) is 86.7 Å². The normalized spacial score (nSPS) is 10.5. The molecule has 0 saturated carbocycles. The Morgan fingerprint density at radius 2 is 2.00 bits per heavy atom. The second kappa shape index (κ2) is 5.65. The summed E-state index contributed by atoms with van der Waals surface area (Å²) in [5.41, 5.74) is 1.54. The van der Waals surface area contributed by atoms with Crippen LogP contribution in [0, 0.1) is 10.1 Å². The van der Waals surface area contributed by atoms with E-state index in [4.69, 9.17) is 4.74 Å². The van der Waals surface area contributed by atoms with Crippen molar-refractivity contribution in [3.05, 3.63) is 76.2 Å². The lowest BCUT2D eigenvalue weighted by Crippen LogP contribution is -2.05. The molecule has 0 unspecified atom stereocenters. The highest BCUT2D eigenvalue weighted by atomic mass is 16.6. The van der Waals surface area contributed by atoms with Crippen molar-refractivity contribution >= 4 is 17.3 Å². The van der Waals surface area contributed by atoms with Crippen LogP contribution in [0.4, 0.5) is 5.69 Å². The summed E-state index contributed by atoms with van der Waals surface area (Å²) in [5.74, 6) is -0.540. The van der Waals surface area contributed by atoms with Gasteiger partial charge in [-0.25, -0.2) is 9.78 Å². The number of esters is 1. The van der Waals surface area contributed by atoms with Gasteiger partial charge in [0.2, 0.25) is 0 Å². The molecule has 7 nitrogen and oxygen atoms in total. The van der Waals surface area contributed by atoms with Crippen LogP contribution in [0.3, 0.4) is 0 Å². The van der Waals surface area contributed by atoms with Gasteiger partial charge >= 0.3 is 5.97 Å². The highest BCUT2D eigenvalue weighted by molar-refractivity contribution is 5.87. The number of hydrogen-bond donors (Lipinski definition) is 0. The van der Waals surface area contributed by atoms with Crippen LogP contribution in [0.1, 0.15) is 16.1 Å². The van der Waals surface area contributed by atoms with Crippen molar-refractivity contribution in [2.24, 2.45) is 0 Å². The van der Waals surface area contributed by atoms with Gasteiger partial charge in [-0.2, -0.15) is 0 Å². The zero-order chi connectivity index (χ0) is 15.5. The van der Waals surface area contributed by atoms with E-state index in [2.05, 4.69) is 4.98 Å². The number of fused-ring (bicyclic) bond motifs is 1. The number of non-ortho nitro benzene ring substituents is 1. The highest BCUT2D eigenvalue weighted by Crippen LogP contribution is 2.13. The van der Waals surface area contributed by atoms with Gasteiger partial charge in [0.25, 0.3) is 5.69 Å². The average Bonchev–Trinajstić information content (AvgIpc) is 2.97. The molecule has 0 spiro atoms. The van der Waals surface area contributed by atoms with E-state index >= 15 is 0 Å². The number of aromatic nitrogens is 2. The summed E-state index contributed by atoms with van der Waals surface area (Å²) >= 11 is 0. The number of carbonyl (C=O) groups excluding carboxylic acids is 1. The highest BCUT2D eigenvalue weighted by Gasteiger charge is 2.12. The second-order valence-electron chi connectivity index (χ2n) is 4.59.